The van der Waals surface area contributed by atoms with E-state index >= 15 is 0 Å². The molecule has 29 heavy (non-hydrogen) atoms. The molecule has 0 saturated carbocycles. The van der Waals surface area contributed by atoms with E-state index in [0.717, 1.165) is 60.7 Å². The second kappa shape index (κ2) is 8.62. The standard InChI is InChI=1S/C24H26FN3O/c1-18-14-28(17-26-18)23-9-8-19(13-24(23)29-2)11-20-6-4-10-27(15-20)16-21-5-3-7-22(25)12-21/h3,5,7-9,11-14,17H,4,6,10,15-16H2,1-2H3/b20-11+. The number of imidazole rings is 1. The summed E-state index contributed by atoms with van der Waals surface area (Å²) in [6, 6.07) is 13.1. The molecule has 150 valence electrons. The van der Waals surface area contributed by atoms with E-state index in [0.29, 0.717) is 0 Å². The lowest BCUT2D eigenvalue weighted by Gasteiger charge is -2.28. The lowest BCUT2D eigenvalue weighted by molar-refractivity contribution is 0.258. The molecule has 1 aromatic heterocycles. The number of hydrogen-bond donors (Lipinski definition) is 0. The fourth-order valence-corrected chi connectivity index (χ4v) is 3.91. The maximum absolute atomic E-state index is 13.5. The third-order valence-electron chi connectivity index (χ3n) is 5.26. The van der Waals surface area contributed by atoms with E-state index in [1.54, 1.807) is 25.6 Å². The average molecular weight is 391 g/mol. The molecule has 1 aliphatic heterocycles. The van der Waals surface area contributed by atoms with Crippen LogP contribution in [0.4, 0.5) is 4.39 Å². The predicted molar refractivity (Wildman–Crippen MR) is 114 cm³/mol. The van der Waals surface area contributed by atoms with Gasteiger partial charge < -0.3 is 9.30 Å². The molecule has 0 atom stereocenters. The van der Waals surface area contributed by atoms with Crippen LogP contribution in [0.3, 0.4) is 0 Å². The number of methoxy groups -OCH3 is 1. The quantitative estimate of drug-likeness (QED) is 0.613. The molecule has 2 aromatic carbocycles. The summed E-state index contributed by atoms with van der Waals surface area (Å²) in [6.07, 6.45) is 8.25. The summed E-state index contributed by atoms with van der Waals surface area (Å²) in [7, 11) is 1.70. The Kier molecular flexibility index (Phi) is 5.76. The van der Waals surface area contributed by atoms with Crippen molar-refractivity contribution < 1.29 is 9.13 Å². The van der Waals surface area contributed by atoms with Crippen LogP contribution in [-0.4, -0.2) is 34.7 Å². The SMILES string of the molecule is COc1cc(/C=C2\CCCN(Cc3cccc(F)c3)C2)ccc1-n1cnc(C)c1. The van der Waals surface area contributed by atoms with Crippen molar-refractivity contribution in [2.75, 3.05) is 20.2 Å². The van der Waals surface area contributed by atoms with Crippen LogP contribution in [0, 0.1) is 12.7 Å². The topological polar surface area (TPSA) is 30.3 Å². The van der Waals surface area contributed by atoms with Gasteiger partial charge in [-0.3, -0.25) is 4.90 Å². The fourth-order valence-electron chi connectivity index (χ4n) is 3.91. The van der Waals surface area contributed by atoms with Crippen LogP contribution in [0.1, 0.15) is 29.7 Å². The van der Waals surface area contributed by atoms with Crippen molar-refractivity contribution in [2.24, 2.45) is 0 Å². The van der Waals surface area contributed by atoms with Gasteiger partial charge in [0.1, 0.15) is 11.6 Å². The molecule has 0 aliphatic carbocycles. The highest BCUT2D eigenvalue weighted by Gasteiger charge is 2.15. The smallest absolute Gasteiger partial charge is 0.143 e. The summed E-state index contributed by atoms with van der Waals surface area (Å²) >= 11 is 0. The van der Waals surface area contributed by atoms with Crippen molar-refractivity contribution in [3.8, 4) is 11.4 Å². The minimum Gasteiger partial charge on any atom is -0.495 e. The van der Waals surface area contributed by atoms with E-state index in [-0.39, 0.29) is 5.82 Å². The Morgan fingerprint density at radius 2 is 2.10 bits per heavy atom. The first-order valence-corrected chi connectivity index (χ1v) is 9.96. The number of likely N-dealkylation sites (tertiary alicyclic amines) is 1. The number of aromatic nitrogens is 2. The van der Waals surface area contributed by atoms with Crippen molar-refractivity contribution >= 4 is 6.08 Å². The Labute approximate surface area is 171 Å². The molecule has 4 rings (SSSR count). The number of rotatable bonds is 5. The number of benzene rings is 2. The Hall–Kier alpha value is -2.92. The van der Waals surface area contributed by atoms with Gasteiger partial charge in [0.25, 0.3) is 0 Å². The minimum absolute atomic E-state index is 0.171. The number of halogens is 1. The van der Waals surface area contributed by atoms with Crippen LogP contribution in [0.2, 0.25) is 0 Å². The van der Waals surface area contributed by atoms with Gasteiger partial charge in [0.05, 0.1) is 24.8 Å². The van der Waals surface area contributed by atoms with Crippen LogP contribution in [-0.2, 0) is 6.54 Å². The second-order valence-corrected chi connectivity index (χ2v) is 7.60. The maximum atomic E-state index is 13.5. The van der Waals surface area contributed by atoms with Crippen molar-refractivity contribution in [3.63, 3.8) is 0 Å². The first kappa shape index (κ1) is 19.4. The van der Waals surface area contributed by atoms with E-state index in [1.165, 1.54) is 11.6 Å². The van der Waals surface area contributed by atoms with Gasteiger partial charge in [0.2, 0.25) is 0 Å². The van der Waals surface area contributed by atoms with Gasteiger partial charge in [-0.05, 0) is 61.7 Å². The summed E-state index contributed by atoms with van der Waals surface area (Å²) in [4.78, 5) is 6.68. The highest BCUT2D eigenvalue weighted by molar-refractivity contribution is 5.60. The first-order valence-electron chi connectivity index (χ1n) is 9.96. The molecular weight excluding hydrogens is 365 g/mol. The Morgan fingerprint density at radius 1 is 1.21 bits per heavy atom. The molecule has 0 amide bonds. The third-order valence-corrected chi connectivity index (χ3v) is 5.26. The fraction of sp³-hybridized carbons (Fsp3) is 0.292. The van der Waals surface area contributed by atoms with Crippen molar-refractivity contribution in [1.82, 2.24) is 14.5 Å². The summed E-state index contributed by atoms with van der Waals surface area (Å²) < 4.78 is 21.1. The van der Waals surface area contributed by atoms with Gasteiger partial charge in [-0.2, -0.15) is 0 Å². The van der Waals surface area contributed by atoms with Gasteiger partial charge in [-0.15, -0.1) is 0 Å². The van der Waals surface area contributed by atoms with Crippen LogP contribution in [0.5, 0.6) is 5.75 Å². The van der Waals surface area contributed by atoms with Crippen LogP contribution in [0.15, 0.2) is 60.6 Å². The van der Waals surface area contributed by atoms with Crippen LogP contribution < -0.4 is 4.74 Å². The first-order chi connectivity index (χ1) is 14.1. The number of aryl methyl sites for hydroxylation is 1. The Balaban J connectivity index is 1.51. The monoisotopic (exact) mass is 391 g/mol. The molecule has 1 fully saturated rings. The van der Waals surface area contributed by atoms with E-state index in [4.69, 9.17) is 4.74 Å². The molecule has 0 radical (unpaired) electrons. The average Bonchev–Trinajstić information content (AvgIpc) is 3.14. The Bertz CT molecular complexity index is 1020. The van der Waals surface area contributed by atoms with Crippen molar-refractivity contribution in [2.45, 2.75) is 26.3 Å². The van der Waals surface area contributed by atoms with E-state index in [1.807, 2.05) is 23.8 Å². The van der Waals surface area contributed by atoms with E-state index < -0.39 is 0 Å². The highest BCUT2D eigenvalue weighted by Crippen LogP contribution is 2.27. The molecule has 0 spiro atoms. The molecule has 1 saturated heterocycles. The van der Waals surface area contributed by atoms with Crippen LogP contribution in [0.25, 0.3) is 11.8 Å². The molecule has 0 unspecified atom stereocenters. The number of ether oxygens (including phenoxy) is 1. The third kappa shape index (κ3) is 4.74. The van der Waals surface area contributed by atoms with Gasteiger partial charge in [-0.1, -0.05) is 29.8 Å². The number of hydrogen-bond acceptors (Lipinski definition) is 3. The normalized spacial score (nSPS) is 16.3. The maximum Gasteiger partial charge on any atom is 0.143 e. The number of nitrogens with zero attached hydrogens (tertiary/aromatic N) is 3. The Morgan fingerprint density at radius 3 is 2.86 bits per heavy atom. The van der Waals surface area contributed by atoms with E-state index in [9.17, 15) is 4.39 Å². The zero-order valence-electron chi connectivity index (χ0n) is 16.9. The molecule has 5 heteroatoms. The summed E-state index contributed by atoms with van der Waals surface area (Å²) in [5.74, 6) is 0.653. The number of piperidine rings is 1. The molecule has 0 bridgehead atoms. The largest absolute Gasteiger partial charge is 0.495 e. The van der Waals surface area contributed by atoms with Gasteiger partial charge >= 0.3 is 0 Å². The lowest BCUT2D eigenvalue weighted by Crippen LogP contribution is -2.30. The summed E-state index contributed by atoms with van der Waals surface area (Å²) in [5.41, 5.74) is 5.49. The molecule has 1 aliphatic rings. The summed E-state index contributed by atoms with van der Waals surface area (Å²) in [6.45, 7) is 4.69. The van der Waals surface area contributed by atoms with Gasteiger partial charge in [0, 0.05) is 19.3 Å². The van der Waals surface area contributed by atoms with Crippen molar-refractivity contribution in [1.29, 1.82) is 0 Å². The minimum atomic E-state index is -0.171. The van der Waals surface area contributed by atoms with Gasteiger partial charge in [-0.25, -0.2) is 9.37 Å². The zero-order chi connectivity index (χ0) is 20.2. The molecule has 3 aromatic rings. The van der Waals surface area contributed by atoms with Crippen LogP contribution >= 0.6 is 0 Å². The lowest BCUT2D eigenvalue weighted by atomic mass is 10.0. The predicted octanol–water partition coefficient (Wildman–Crippen LogP) is 5.01. The van der Waals surface area contributed by atoms with Gasteiger partial charge in [0.15, 0.2) is 0 Å². The molecular formula is C24H26FN3O. The van der Waals surface area contributed by atoms with Crippen molar-refractivity contribution in [3.05, 3.63) is 83.2 Å². The zero-order valence-corrected chi connectivity index (χ0v) is 16.9. The molecule has 2 heterocycles. The second-order valence-electron chi connectivity index (χ2n) is 7.60. The highest BCUT2D eigenvalue weighted by atomic mass is 19.1. The molecule has 4 nitrogen and oxygen atoms in total. The summed E-state index contributed by atoms with van der Waals surface area (Å²) in [5, 5.41) is 0. The van der Waals surface area contributed by atoms with E-state index in [2.05, 4.69) is 34.2 Å². The molecule has 0 N–H and O–H groups in total.